The van der Waals surface area contributed by atoms with Crippen molar-refractivity contribution in [1.82, 2.24) is 19.4 Å². The summed E-state index contributed by atoms with van der Waals surface area (Å²) in [6, 6.07) is 3.94. The number of rotatable bonds is 7. The summed E-state index contributed by atoms with van der Waals surface area (Å²) < 4.78 is 8.03. The highest BCUT2D eigenvalue weighted by molar-refractivity contribution is 5.76. The van der Waals surface area contributed by atoms with Gasteiger partial charge in [-0.3, -0.25) is 9.78 Å². The van der Waals surface area contributed by atoms with E-state index in [1.165, 1.54) is 0 Å². The van der Waals surface area contributed by atoms with Crippen molar-refractivity contribution in [2.45, 2.75) is 51.9 Å². The van der Waals surface area contributed by atoms with Crippen LogP contribution in [0.3, 0.4) is 0 Å². The molecular formula is C19H26N4O2. The smallest absolute Gasteiger partial charge is 0.224 e. The van der Waals surface area contributed by atoms with E-state index < -0.39 is 0 Å². The molecule has 3 heterocycles. The standard InChI is InChI=1S/C19H26N4O2/c1-2-18-21-9-13-22(18)12-7-19(24)23-10-5-17(6-11-23)25-15-16-4-3-8-20-14-16/h3-4,8-9,13-14,17H,2,5-7,10-12,15H2,1H3. The van der Waals surface area contributed by atoms with E-state index in [0.717, 1.165) is 43.7 Å². The molecule has 0 saturated carbocycles. The molecule has 0 aliphatic carbocycles. The molecule has 2 aromatic heterocycles. The summed E-state index contributed by atoms with van der Waals surface area (Å²) in [5, 5.41) is 0. The Kier molecular flexibility index (Phi) is 6.17. The molecule has 6 nitrogen and oxygen atoms in total. The minimum absolute atomic E-state index is 0.224. The molecule has 2 aromatic rings. The van der Waals surface area contributed by atoms with Crippen molar-refractivity contribution in [1.29, 1.82) is 0 Å². The fourth-order valence-electron chi connectivity index (χ4n) is 3.20. The number of hydrogen-bond acceptors (Lipinski definition) is 4. The van der Waals surface area contributed by atoms with Gasteiger partial charge in [-0.05, 0) is 24.5 Å². The van der Waals surface area contributed by atoms with Crippen LogP contribution in [-0.4, -0.2) is 44.5 Å². The lowest BCUT2D eigenvalue weighted by Gasteiger charge is -2.32. The Morgan fingerprint density at radius 2 is 2.16 bits per heavy atom. The molecule has 3 rings (SSSR count). The van der Waals surface area contributed by atoms with Crippen molar-refractivity contribution < 1.29 is 9.53 Å². The molecule has 0 atom stereocenters. The Hall–Kier alpha value is -2.21. The quantitative estimate of drug-likeness (QED) is 0.775. The van der Waals surface area contributed by atoms with Crippen LogP contribution < -0.4 is 0 Å². The van der Waals surface area contributed by atoms with Gasteiger partial charge in [-0.15, -0.1) is 0 Å². The second-order valence-corrected chi connectivity index (χ2v) is 6.39. The Bertz CT molecular complexity index is 663. The molecule has 0 aromatic carbocycles. The van der Waals surface area contributed by atoms with Gasteiger partial charge in [-0.2, -0.15) is 0 Å². The third kappa shape index (κ3) is 4.89. The number of carbonyl (C=O) groups is 1. The van der Waals surface area contributed by atoms with E-state index in [1.807, 2.05) is 29.4 Å². The summed E-state index contributed by atoms with van der Waals surface area (Å²) in [5.74, 6) is 1.26. The number of amides is 1. The van der Waals surface area contributed by atoms with E-state index in [-0.39, 0.29) is 12.0 Å². The van der Waals surface area contributed by atoms with Crippen molar-refractivity contribution in [3.8, 4) is 0 Å². The predicted octanol–water partition coefficient (Wildman–Crippen LogP) is 2.44. The number of pyridine rings is 1. The average molecular weight is 342 g/mol. The molecule has 0 unspecified atom stereocenters. The fraction of sp³-hybridized carbons (Fsp3) is 0.526. The first-order chi connectivity index (χ1) is 12.3. The van der Waals surface area contributed by atoms with Gasteiger partial charge in [0.15, 0.2) is 0 Å². The zero-order valence-electron chi connectivity index (χ0n) is 14.8. The summed E-state index contributed by atoms with van der Waals surface area (Å²) in [6.07, 6.45) is 10.8. The maximum absolute atomic E-state index is 12.4. The van der Waals surface area contributed by atoms with Gasteiger partial charge in [0.1, 0.15) is 5.82 Å². The van der Waals surface area contributed by atoms with Gasteiger partial charge in [0.25, 0.3) is 0 Å². The highest BCUT2D eigenvalue weighted by Crippen LogP contribution is 2.16. The van der Waals surface area contributed by atoms with Crippen LogP contribution in [0.4, 0.5) is 0 Å². The van der Waals surface area contributed by atoms with E-state index in [2.05, 4.69) is 21.5 Å². The Morgan fingerprint density at radius 3 is 2.88 bits per heavy atom. The van der Waals surface area contributed by atoms with Gasteiger partial charge in [-0.25, -0.2) is 4.98 Å². The lowest BCUT2D eigenvalue weighted by atomic mass is 10.1. The average Bonchev–Trinajstić information content (AvgIpc) is 3.13. The summed E-state index contributed by atoms with van der Waals surface area (Å²) in [5.41, 5.74) is 1.09. The van der Waals surface area contributed by atoms with Crippen molar-refractivity contribution >= 4 is 5.91 Å². The number of imidazole rings is 1. The molecule has 1 aliphatic rings. The molecule has 0 N–H and O–H groups in total. The number of ether oxygens (including phenoxy) is 1. The van der Waals surface area contributed by atoms with E-state index in [9.17, 15) is 4.79 Å². The number of hydrogen-bond donors (Lipinski definition) is 0. The summed E-state index contributed by atoms with van der Waals surface area (Å²) in [6.45, 7) is 4.94. The minimum Gasteiger partial charge on any atom is -0.373 e. The highest BCUT2D eigenvalue weighted by atomic mass is 16.5. The monoisotopic (exact) mass is 342 g/mol. The molecule has 1 saturated heterocycles. The third-order valence-electron chi connectivity index (χ3n) is 4.69. The van der Waals surface area contributed by atoms with Crippen molar-refractivity contribution in [3.63, 3.8) is 0 Å². The van der Waals surface area contributed by atoms with E-state index in [0.29, 0.717) is 19.6 Å². The van der Waals surface area contributed by atoms with E-state index in [4.69, 9.17) is 4.74 Å². The van der Waals surface area contributed by atoms with Gasteiger partial charge < -0.3 is 14.2 Å². The minimum atomic E-state index is 0.224. The lowest BCUT2D eigenvalue weighted by molar-refractivity contribution is -0.134. The van der Waals surface area contributed by atoms with Crippen LogP contribution in [0.1, 0.15) is 37.6 Å². The molecule has 1 amide bonds. The number of likely N-dealkylation sites (tertiary alicyclic amines) is 1. The van der Waals surface area contributed by atoms with E-state index >= 15 is 0 Å². The molecule has 0 bridgehead atoms. The van der Waals surface area contributed by atoms with Gasteiger partial charge in [0.05, 0.1) is 12.7 Å². The number of carbonyl (C=O) groups excluding carboxylic acids is 1. The molecule has 25 heavy (non-hydrogen) atoms. The van der Waals surface area contributed by atoms with Gasteiger partial charge in [0, 0.05) is 57.3 Å². The van der Waals surface area contributed by atoms with Crippen LogP contribution >= 0.6 is 0 Å². The molecule has 1 fully saturated rings. The molecule has 6 heteroatoms. The normalized spacial score (nSPS) is 15.5. The van der Waals surface area contributed by atoms with Crippen LogP contribution in [0.5, 0.6) is 0 Å². The van der Waals surface area contributed by atoms with Crippen LogP contribution in [0, 0.1) is 0 Å². The zero-order chi connectivity index (χ0) is 17.5. The van der Waals surface area contributed by atoms with Gasteiger partial charge in [0.2, 0.25) is 5.91 Å². The maximum atomic E-state index is 12.4. The third-order valence-corrected chi connectivity index (χ3v) is 4.69. The largest absolute Gasteiger partial charge is 0.373 e. The predicted molar refractivity (Wildman–Crippen MR) is 94.9 cm³/mol. The first kappa shape index (κ1) is 17.6. The second-order valence-electron chi connectivity index (χ2n) is 6.39. The van der Waals surface area contributed by atoms with E-state index in [1.54, 1.807) is 12.4 Å². The number of nitrogens with zero attached hydrogens (tertiary/aromatic N) is 4. The summed E-state index contributed by atoms with van der Waals surface area (Å²) in [7, 11) is 0. The fourth-order valence-corrected chi connectivity index (χ4v) is 3.20. The molecule has 1 aliphatic heterocycles. The summed E-state index contributed by atoms with van der Waals surface area (Å²) >= 11 is 0. The lowest BCUT2D eigenvalue weighted by Crippen LogP contribution is -2.41. The molecule has 0 radical (unpaired) electrons. The van der Waals surface area contributed by atoms with Crippen molar-refractivity contribution in [3.05, 3.63) is 48.3 Å². The van der Waals surface area contributed by atoms with Crippen molar-refractivity contribution in [2.24, 2.45) is 0 Å². The highest BCUT2D eigenvalue weighted by Gasteiger charge is 2.23. The van der Waals surface area contributed by atoms with Crippen LogP contribution in [0.15, 0.2) is 36.9 Å². The second kappa shape index (κ2) is 8.76. The number of piperidine rings is 1. The first-order valence-electron chi connectivity index (χ1n) is 9.04. The van der Waals surface area contributed by atoms with Crippen LogP contribution in [0.25, 0.3) is 0 Å². The molecule has 0 spiro atoms. The molecular weight excluding hydrogens is 316 g/mol. The topological polar surface area (TPSA) is 60.2 Å². The Balaban J connectivity index is 1.39. The SMILES string of the molecule is CCc1nccn1CCC(=O)N1CCC(OCc2cccnc2)CC1. The number of aryl methyl sites for hydroxylation is 2. The van der Waals surface area contributed by atoms with Crippen LogP contribution in [0.2, 0.25) is 0 Å². The maximum Gasteiger partial charge on any atom is 0.224 e. The van der Waals surface area contributed by atoms with Gasteiger partial charge in [-0.1, -0.05) is 13.0 Å². The van der Waals surface area contributed by atoms with Crippen LogP contribution in [-0.2, 0) is 29.1 Å². The first-order valence-corrected chi connectivity index (χ1v) is 9.04. The Labute approximate surface area is 148 Å². The zero-order valence-corrected chi connectivity index (χ0v) is 14.8. The summed E-state index contributed by atoms with van der Waals surface area (Å²) in [4.78, 5) is 22.8. The van der Waals surface area contributed by atoms with Crippen molar-refractivity contribution in [2.75, 3.05) is 13.1 Å². The van der Waals surface area contributed by atoms with Gasteiger partial charge >= 0.3 is 0 Å². The number of aromatic nitrogens is 3. The molecule has 134 valence electrons. The Morgan fingerprint density at radius 1 is 1.32 bits per heavy atom.